The molecule has 0 amide bonds. The molecule has 0 aromatic heterocycles. The molecule has 0 aliphatic heterocycles. The first kappa shape index (κ1) is 16.1. The van der Waals surface area contributed by atoms with Gasteiger partial charge in [-0.05, 0) is 36.8 Å². The molecule has 0 bridgehead atoms. The molecule has 0 heterocycles. The number of hydrogen-bond donors (Lipinski definition) is 1. The van der Waals surface area contributed by atoms with Crippen molar-refractivity contribution in [1.82, 2.24) is 4.72 Å². The van der Waals surface area contributed by atoms with Crippen LogP contribution in [0.1, 0.15) is 17.2 Å². The van der Waals surface area contributed by atoms with Gasteiger partial charge in [0.15, 0.2) is 11.6 Å². The second-order valence-corrected chi connectivity index (χ2v) is 6.38. The topological polar surface area (TPSA) is 70.0 Å². The smallest absolute Gasteiger partial charge is 0.207 e. The Morgan fingerprint density at radius 2 is 1.73 bits per heavy atom. The highest BCUT2D eigenvalue weighted by Gasteiger charge is 2.22. The Labute approximate surface area is 127 Å². The maximum absolute atomic E-state index is 13.2. The van der Waals surface area contributed by atoms with Gasteiger partial charge in [-0.15, -0.1) is 0 Å². The maximum atomic E-state index is 13.2. The second-order valence-electron chi connectivity index (χ2n) is 4.67. The minimum Gasteiger partial charge on any atom is -0.207 e. The highest BCUT2D eigenvalue weighted by atomic mass is 32.2. The van der Waals surface area contributed by atoms with Crippen molar-refractivity contribution in [2.24, 2.45) is 0 Å². The molecule has 2 aromatic carbocycles. The van der Waals surface area contributed by atoms with Crippen molar-refractivity contribution in [3.8, 4) is 6.07 Å². The van der Waals surface area contributed by atoms with Gasteiger partial charge < -0.3 is 0 Å². The normalized spacial score (nSPS) is 12.6. The highest BCUT2D eigenvalue weighted by molar-refractivity contribution is 7.89. The number of nitrogens with one attached hydrogen (secondary N) is 1. The largest absolute Gasteiger partial charge is 0.241 e. The summed E-state index contributed by atoms with van der Waals surface area (Å²) in [6.07, 6.45) is 0. The van der Waals surface area contributed by atoms with Gasteiger partial charge in [0.25, 0.3) is 0 Å². The number of nitrogens with zero attached hydrogens (tertiary/aromatic N) is 1. The number of hydrogen-bond acceptors (Lipinski definition) is 3. The number of nitriles is 1. The van der Waals surface area contributed by atoms with E-state index in [0.29, 0.717) is 0 Å². The molecule has 0 saturated carbocycles. The summed E-state index contributed by atoms with van der Waals surface area (Å²) in [5.41, 5.74) is 0.911. The van der Waals surface area contributed by atoms with E-state index in [1.807, 2.05) is 6.92 Å². The number of aryl methyl sites for hydroxylation is 1. The van der Waals surface area contributed by atoms with Crippen LogP contribution in [0.4, 0.5) is 8.78 Å². The Morgan fingerprint density at radius 3 is 2.27 bits per heavy atom. The van der Waals surface area contributed by atoms with Crippen LogP contribution in [-0.2, 0) is 10.0 Å². The van der Waals surface area contributed by atoms with E-state index in [2.05, 4.69) is 4.72 Å². The van der Waals surface area contributed by atoms with Gasteiger partial charge in [-0.3, -0.25) is 0 Å². The van der Waals surface area contributed by atoms with E-state index in [9.17, 15) is 17.2 Å². The van der Waals surface area contributed by atoms with Gasteiger partial charge in [0.1, 0.15) is 6.04 Å². The Kier molecular flexibility index (Phi) is 4.54. The third-order valence-corrected chi connectivity index (χ3v) is 4.45. The standard InChI is InChI=1S/C15H12F2N2O2S/c1-10-2-5-12(6-3-10)22(20,21)19-15(9-18)11-4-7-13(16)14(17)8-11/h2-8,15,19H,1H3. The average Bonchev–Trinajstić information content (AvgIpc) is 2.48. The molecule has 1 N–H and O–H groups in total. The average molecular weight is 322 g/mol. The Balaban J connectivity index is 2.31. The molecule has 0 radical (unpaired) electrons. The third-order valence-electron chi connectivity index (χ3n) is 3.01. The molecule has 2 aromatic rings. The van der Waals surface area contributed by atoms with Crippen molar-refractivity contribution >= 4 is 10.0 Å². The zero-order chi connectivity index (χ0) is 16.3. The SMILES string of the molecule is Cc1ccc(S(=O)(=O)NC(C#N)c2ccc(F)c(F)c2)cc1. The van der Waals surface area contributed by atoms with Crippen LogP contribution >= 0.6 is 0 Å². The molecular weight excluding hydrogens is 310 g/mol. The van der Waals surface area contributed by atoms with E-state index in [-0.39, 0.29) is 10.5 Å². The number of sulfonamides is 1. The molecule has 0 fully saturated rings. The van der Waals surface area contributed by atoms with E-state index in [0.717, 1.165) is 23.8 Å². The first-order chi connectivity index (χ1) is 10.3. The predicted octanol–water partition coefficient (Wildman–Crippen LogP) is 2.82. The van der Waals surface area contributed by atoms with Crippen molar-refractivity contribution in [2.45, 2.75) is 17.9 Å². The molecule has 1 atom stereocenters. The summed E-state index contributed by atoms with van der Waals surface area (Å²) < 4.78 is 52.7. The quantitative estimate of drug-likeness (QED) is 0.941. The summed E-state index contributed by atoms with van der Waals surface area (Å²) in [6.45, 7) is 1.81. The molecule has 7 heteroatoms. The lowest BCUT2D eigenvalue weighted by Gasteiger charge is -2.13. The van der Waals surface area contributed by atoms with E-state index in [4.69, 9.17) is 5.26 Å². The van der Waals surface area contributed by atoms with Crippen molar-refractivity contribution in [2.75, 3.05) is 0 Å². The first-order valence-electron chi connectivity index (χ1n) is 6.27. The van der Waals surface area contributed by atoms with E-state index in [1.54, 1.807) is 18.2 Å². The van der Waals surface area contributed by atoms with Crippen LogP contribution in [-0.4, -0.2) is 8.42 Å². The van der Waals surface area contributed by atoms with Crippen molar-refractivity contribution in [3.05, 3.63) is 65.2 Å². The van der Waals surface area contributed by atoms with E-state index in [1.165, 1.54) is 12.1 Å². The minimum absolute atomic E-state index is 0.0130. The van der Waals surface area contributed by atoms with Crippen LogP contribution in [0, 0.1) is 29.9 Å². The summed E-state index contributed by atoms with van der Waals surface area (Å²) in [5.74, 6) is -2.21. The maximum Gasteiger partial charge on any atom is 0.241 e. The van der Waals surface area contributed by atoms with Gasteiger partial charge in [0.2, 0.25) is 10.0 Å². The van der Waals surface area contributed by atoms with Gasteiger partial charge in [-0.2, -0.15) is 9.98 Å². The molecule has 2 rings (SSSR count). The summed E-state index contributed by atoms with van der Waals surface area (Å²) in [4.78, 5) is -0.0130. The zero-order valence-corrected chi connectivity index (χ0v) is 12.4. The van der Waals surface area contributed by atoms with Gasteiger partial charge in [-0.1, -0.05) is 23.8 Å². The van der Waals surface area contributed by atoms with Crippen LogP contribution in [0.2, 0.25) is 0 Å². The van der Waals surface area contributed by atoms with E-state index < -0.39 is 27.7 Å². The fraction of sp³-hybridized carbons (Fsp3) is 0.133. The number of benzene rings is 2. The van der Waals surface area contributed by atoms with Crippen LogP contribution in [0.15, 0.2) is 47.4 Å². The number of rotatable bonds is 4. The molecular formula is C15H12F2N2O2S. The monoisotopic (exact) mass is 322 g/mol. The molecule has 1 unspecified atom stereocenters. The van der Waals surface area contributed by atoms with Gasteiger partial charge >= 0.3 is 0 Å². The molecule has 114 valence electrons. The molecule has 0 saturated heterocycles. The fourth-order valence-corrected chi connectivity index (χ4v) is 2.93. The fourth-order valence-electron chi connectivity index (χ4n) is 1.80. The molecule has 22 heavy (non-hydrogen) atoms. The lowest BCUT2D eigenvalue weighted by molar-refractivity contribution is 0.505. The van der Waals surface area contributed by atoms with Crippen LogP contribution in [0.5, 0.6) is 0 Å². The molecule has 0 spiro atoms. The predicted molar refractivity (Wildman–Crippen MR) is 76.2 cm³/mol. The summed E-state index contributed by atoms with van der Waals surface area (Å²) in [7, 11) is -3.95. The Bertz CT molecular complexity index is 828. The number of halogens is 2. The molecule has 0 aliphatic carbocycles. The second kappa shape index (κ2) is 6.22. The Hall–Kier alpha value is -2.30. The van der Waals surface area contributed by atoms with Gasteiger partial charge in [0, 0.05) is 0 Å². The Morgan fingerprint density at radius 1 is 1.09 bits per heavy atom. The van der Waals surface area contributed by atoms with Crippen LogP contribution in [0.3, 0.4) is 0 Å². The lowest BCUT2D eigenvalue weighted by Crippen LogP contribution is -2.28. The summed E-state index contributed by atoms with van der Waals surface area (Å²) >= 11 is 0. The van der Waals surface area contributed by atoms with Crippen molar-refractivity contribution < 1.29 is 17.2 Å². The molecule has 4 nitrogen and oxygen atoms in total. The van der Waals surface area contributed by atoms with Crippen molar-refractivity contribution in [1.29, 1.82) is 5.26 Å². The third kappa shape index (κ3) is 3.47. The van der Waals surface area contributed by atoms with Crippen LogP contribution in [0.25, 0.3) is 0 Å². The van der Waals surface area contributed by atoms with Crippen LogP contribution < -0.4 is 4.72 Å². The highest BCUT2D eigenvalue weighted by Crippen LogP contribution is 2.19. The lowest BCUT2D eigenvalue weighted by atomic mass is 10.1. The first-order valence-corrected chi connectivity index (χ1v) is 7.75. The summed E-state index contributed by atoms with van der Waals surface area (Å²) in [6, 6.07) is 9.23. The molecule has 0 aliphatic rings. The zero-order valence-electron chi connectivity index (χ0n) is 11.5. The van der Waals surface area contributed by atoms with Gasteiger partial charge in [0.05, 0.1) is 11.0 Å². The van der Waals surface area contributed by atoms with E-state index >= 15 is 0 Å². The minimum atomic E-state index is -3.95. The summed E-state index contributed by atoms with van der Waals surface area (Å²) in [5, 5.41) is 9.10. The van der Waals surface area contributed by atoms with Gasteiger partial charge in [-0.25, -0.2) is 17.2 Å². The van der Waals surface area contributed by atoms with Crippen molar-refractivity contribution in [3.63, 3.8) is 0 Å².